The number of piperidine rings is 1. The van der Waals surface area contributed by atoms with E-state index < -0.39 is 0 Å². The van der Waals surface area contributed by atoms with Gasteiger partial charge in [0.2, 0.25) is 0 Å². The van der Waals surface area contributed by atoms with E-state index in [-0.39, 0.29) is 0 Å². The predicted octanol–water partition coefficient (Wildman–Crippen LogP) is 6.81. The smallest absolute Gasteiger partial charge is 0.161 e. The first-order valence-electron chi connectivity index (χ1n) is 12.1. The van der Waals surface area contributed by atoms with Crippen molar-refractivity contribution in [2.75, 3.05) is 27.3 Å². The molecule has 0 saturated carbocycles. The third-order valence-electron chi connectivity index (χ3n) is 7.01. The number of aromatic nitrogens is 2. The Bertz CT molecular complexity index is 1250. The number of fused-ring (bicyclic) bond motifs is 1. The van der Waals surface area contributed by atoms with E-state index in [4.69, 9.17) is 9.47 Å². The molecule has 1 aliphatic heterocycles. The number of methoxy groups -OCH3 is 2. The molecule has 0 atom stereocenters. The molecule has 2 aromatic heterocycles. The molecule has 3 heterocycles. The second-order valence-corrected chi connectivity index (χ2v) is 10.4. The van der Waals surface area contributed by atoms with Crippen LogP contribution in [-0.2, 0) is 6.54 Å². The fraction of sp³-hybridized carbons (Fsp3) is 0.393. The Kier molecular flexibility index (Phi) is 6.61. The standard InChI is InChI=1S/C28H33N3O2S/c1-18(2)27-22-15-20(19-9-12-31(13-10-19)17-26-29-11-14-34-26)5-7-23(22)30-28(27)21-6-8-24(32-3)25(16-21)33-4/h5-8,11,14-16,18-19,30H,9-10,12-13,17H2,1-4H3. The van der Waals surface area contributed by atoms with Crippen LogP contribution in [0.4, 0.5) is 0 Å². The van der Waals surface area contributed by atoms with Crippen molar-refractivity contribution in [2.45, 2.75) is 45.1 Å². The Morgan fingerprint density at radius 3 is 2.53 bits per heavy atom. The van der Waals surface area contributed by atoms with Gasteiger partial charge in [-0.1, -0.05) is 19.9 Å². The quantitative estimate of drug-likeness (QED) is 0.319. The van der Waals surface area contributed by atoms with E-state index in [1.54, 1.807) is 25.6 Å². The fourth-order valence-corrected chi connectivity index (χ4v) is 5.91. The Hall–Kier alpha value is -2.83. The molecule has 0 aliphatic carbocycles. The summed E-state index contributed by atoms with van der Waals surface area (Å²) in [6, 6.07) is 13.2. The maximum Gasteiger partial charge on any atom is 0.161 e. The van der Waals surface area contributed by atoms with Crippen LogP contribution in [0.5, 0.6) is 11.5 Å². The van der Waals surface area contributed by atoms with Crippen LogP contribution in [0.15, 0.2) is 48.0 Å². The zero-order valence-corrected chi connectivity index (χ0v) is 21.2. The molecule has 0 unspecified atom stereocenters. The first-order chi connectivity index (χ1) is 16.6. The molecular formula is C28H33N3O2S. The molecule has 0 amide bonds. The SMILES string of the molecule is COc1ccc(-c2[nH]c3ccc(C4CCN(Cc5nccs5)CC4)cc3c2C(C)C)cc1OC. The van der Waals surface area contributed by atoms with Gasteiger partial charge in [0, 0.05) is 28.0 Å². The highest BCUT2D eigenvalue weighted by atomic mass is 32.1. The van der Waals surface area contributed by atoms with E-state index in [2.05, 4.69) is 64.4 Å². The van der Waals surface area contributed by atoms with E-state index in [0.717, 1.165) is 36.7 Å². The summed E-state index contributed by atoms with van der Waals surface area (Å²) in [6.07, 6.45) is 4.29. The second kappa shape index (κ2) is 9.80. The molecule has 2 aromatic carbocycles. The van der Waals surface area contributed by atoms with Gasteiger partial charge in [-0.15, -0.1) is 11.3 Å². The molecule has 1 saturated heterocycles. The number of hydrogen-bond donors (Lipinski definition) is 1. The van der Waals surface area contributed by atoms with Gasteiger partial charge in [-0.25, -0.2) is 4.98 Å². The average molecular weight is 476 g/mol. The molecule has 0 spiro atoms. The maximum absolute atomic E-state index is 5.57. The molecular weight excluding hydrogens is 442 g/mol. The lowest BCUT2D eigenvalue weighted by molar-refractivity contribution is 0.204. The summed E-state index contributed by atoms with van der Waals surface area (Å²) in [5.74, 6) is 2.50. The van der Waals surface area contributed by atoms with E-state index in [1.165, 1.54) is 45.6 Å². The van der Waals surface area contributed by atoms with Crippen molar-refractivity contribution in [3.05, 3.63) is 64.1 Å². The average Bonchev–Trinajstić information content (AvgIpc) is 3.51. The van der Waals surface area contributed by atoms with Gasteiger partial charge in [0.25, 0.3) is 0 Å². The molecule has 6 heteroatoms. The largest absolute Gasteiger partial charge is 0.493 e. The second-order valence-electron chi connectivity index (χ2n) is 9.42. The number of hydrogen-bond acceptors (Lipinski definition) is 5. The lowest BCUT2D eigenvalue weighted by Crippen LogP contribution is -2.32. The number of ether oxygens (including phenoxy) is 2. The summed E-state index contributed by atoms with van der Waals surface area (Å²) in [5, 5.41) is 4.62. The van der Waals surface area contributed by atoms with Crippen molar-refractivity contribution in [3.63, 3.8) is 0 Å². The van der Waals surface area contributed by atoms with Crippen LogP contribution in [0.2, 0.25) is 0 Å². The summed E-state index contributed by atoms with van der Waals surface area (Å²) >= 11 is 1.75. The maximum atomic E-state index is 5.57. The fourth-order valence-electron chi connectivity index (χ4n) is 5.25. The summed E-state index contributed by atoms with van der Waals surface area (Å²) in [6.45, 7) is 7.79. The summed E-state index contributed by atoms with van der Waals surface area (Å²) in [5.41, 5.74) is 6.31. The number of likely N-dealkylation sites (tertiary alicyclic amines) is 1. The summed E-state index contributed by atoms with van der Waals surface area (Å²) in [7, 11) is 3.36. The highest BCUT2D eigenvalue weighted by Gasteiger charge is 2.23. The Labute approximate surface area is 205 Å². The van der Waals surface area contributed by atoms with E-state index in [9.17, 15) is 0 Å². The minimum atomic E-state index is 0.396. The number of H-pyrrole nitrogens is 1. The van der Waals surface area contributed by atoms with Crippen LogP contribution < -0.4 is 9.47 Å². The highest BCUT2D eigenvalue weighted by molar-refractivity contribution is 7.09. The van der Waals surface area contributed by atoms with Crippen LogP contribution in [-0.4, -0.2) is 42.2 Å². The zero-order valence-electron chi connectivity index (χ0n) is 20.4. The van der Waals surface area contributed by atoms with Crippen molar-refractivity contribution in [3.8, 4) is 22.8 Å². The zero-order chi connectivity index (χ0) is 23.7. The first kappa shape index (κ1) is 22.9. The third kappa shape index (κ3) is 4.44. The summed E-state index contributed by atoms with van der Waals surface area (Å²) < 4.78 is 11.0. The number of rotatable bonds is 7. The molecule has 1 aliphatic rings. The Balaban J connectivity index is 1.43. The van der Waals surface area contributed by atoms with Crippen LogP contribution in [0.3, 0.4) is 0 Å². The lowest BCUT2D eigenvalue weighted by Gasteiger charge is -2.31. The normalized spacial score (nSPS) is 15.3. The van der Waals surface area contributed by atoms with Crippen molar-refractivity contribution >= 4 is 22.2 Å². The number of thiazole rings is 1. The third-order valence-corrected chi connectivity index (χ3v) is 7.78. The van der Waals surface area contributed by atoms with Gasteiger partial charge >= 0.3 is 0 Å². The molecule has 5 nitrogen and oxygen atoms in total. The molecule has 178 valence electrons. The van der Waals surface area contributed by atoms with Gasteiger partial charge in [0.15, 0.2) is 11.5 Å². The summed E-state index contributed by atoms with van der Waals surface area (Å²) in [4.78, 5) is 10.7. The molecule has 34 heavy (non-hydrogen) atoms. The van der Waals surface area contributed by atoms with Crippen LogP contribution in [0.1, 0.15) is 54.7 Å². The number of aromatic amines is 1. The van der Waals surface area contributed by atoms with Gasteiger partial charge in [-0.05, 0) is 79.2 Å². The van der Waals surface area contributed by atoms with Crippen LogP contribution in [0.25, 0.3) is 22.2 Å². The van der Waals surface area contributed by atoms with Gasteiger partial charge in [0.05, 0.1) is 26.5 Å². The topological polar surface area (TPSA) is 50.4 Å². The van der Waals surface area contributed by atoms with Gasteiger partial charge in [-0.2, -0.15) is 0 Å². The van der Waals surface area contributed by atoms with E-state index >= 15 is 0 Å². The first-order valence-corrected chi connectivity index (χ1v) is 12.9. The predicted molar refractivity (Wildman–Crippen MR) is 140 cm³/mol. The van der Waals surface area contributed by atoms with Crippen LogP contribution >= 0.6 is 11.3 Å². The van der Waals surface area contributed by atoms with Crippen molar-refractivity contribution in [2.24, 2.45) is 0 Å². The lowest BCUT2D eigenvalue weighted by atomic mass is 9.87. The highest BCUT2D eigenvalue weighted by Crippen LogP contribution is 2.40. The van der Waals surface area contributed by atoms with Crippen LogP contribution in [0, 0.1) is 0 Å². The molecule has 0 bridgehead atoms. The monoisotopic (exact) mass is 475 g/mol. The van der Waals surface area contributed by atoms with E-state index in [1.807, 2.05) is 12.3 Å². The number of benzene rings is 2. The minimum absolute atomic E-state index is 0.396. The number of nitrogens with zero attached hydrogens (tertiary/aromatic N) is 2. The Morgan fingerprint density at radius 1 is 1.06 bits per heavy atom. The molecule has 0 radical (unpaired) electrons. The molecule has 1 fully saturated rings. The molecule has 5 rings (SSSR count). The minimum Gasteiger partial charge on any atom is -0.493 e. The molecule has 1 N–H and O–H groups in total. The molecule has 4 aromatic rings. The van der Waals surface area contributed by atoms with Crippen molar-refractivity contribution in [1.82, 2.24) is 14.9 Å². The van der Waals surface area contributed by atoms with E-state index in [0.29, 0.717) is 11.8 Å². The number of nitrogens with one attached hydrogen (secondary N) is 1. The van der Waals surface area contributed by atoms with Gasteiger partial charge in [0.1, 0.15) is 5.01 Å². The van der Waals surface area contributed by atoms with Crippen molar-refractivity contribution < 1.29 is 9.47 Å². The Morgan fingerprint density at radius 2 is 1.85 bits per heavy atom. The van der Waals surface area contributed by atoms with Crippen molar-refractivity contribution in [1.29, 1.82) is 0 Å². The van der Waals surface area contributed by atoms with Gasteiger partial charge in [-0.3, -0.25) is 4.90 Å². The van der Waals surface area contributed by atoms with Gasteiger partial charge < -0.3 is 14.5 Å².